The van der Waals surface area contributed by atoms with Crippen molar-refractivity contribution >= 4 is 29.6 Å². The van der Waals surface area contributed by atoms with Gasteiger partial charge in [-0.25, -0.2) is 0 Å². The molecule has 0 unspecified atom stereocenters. The van der Waals surface area contributed by atoms with Gasteiger partial charge in [0, 0.05) is 19.4 Å². The molecule has 3 nitrogen and oxygen atoms in total. The van der Waals surface area contributed by atoms with Crippen molar-refractivity contribution in [3.63, 3.8) is 0 Å². The molecule has 1 heterocycles. The molecule has 4 heteroatoms. The quantitative estimate of drug-likeness (QED) is 0.826. The van der Waals surface area contributed by atoms with Crippen LogP contribution in [0.3, 0.4) is 0 Å². The maximum atomic E-state index is 4.99. The summed E-state index contributed by atoms with van der Waals surface area (Å²) in [5.74, 6) is 0. The third-order valence-corrected chi connectivity index (χ3v) is 2.70. The van der Waals surface area contributed by atoms with E-state index in [-0.39, 0.29) is 0 Å². The first kappa shape index (κ1) is 11.5. The molecule has 2 rings (SSSR count). The fourth-order valence-electron chi connectivity index (χ4n) is 1.68. The molecule has 0 aromatic heterocycles. The van der Waals surface area contributed by atoms with Crippen LogP contribution in [0.5, 0.6) is 0 Å². The van der Waals surface area contributed by atoms with E-state index in [1.807, 2.05) is 48.5 Å². The Morgan fingerprint density at radius 2 is 2.12 bits per heavy atom. The number of aliphatic imine (C=N–C) groups is 1. The molecule has 1 aromatic rings. The summed E-state index contributed by atoms with van der Waals surface area (Å²) in [6.45, 7) is 0. The van der Waals surface area contributed by atoms with Gasteiger partial charge < -0.3 is 10.2 Å². The summed E-state index contributed by atoms with van der Waals surface area (Å²) in [6.07, 6.45) is 5.34. The Bertz CT molecular complexity index is 489. The van der Waals surface area contributed by atoms with Crippen LogP contribution in [0.1, 0.15) is 5.56 Å². The highest BCUT2D eigenvalue weighted by atomic mass is 32.1. The highest BCUT2D eigenvalue weighted by Gasteiger charge is 2.12. The van der Waals surface area contributed by atoms with Gasteiger partial charge in [0.05, 0.1) is 23.1 Å². The smallest absolute Gasteiger partial charge is 0.0881 e. The minimum absolute atomic E-state index is 0.941. The van der Waals surface area contributed by atoms with Crippen molar-refractivity contribution in [2.24, 2.45) is 4.99 Å². The van der Waals surface area contributed by atoms with Crippen molar-refractivity contribution in [3.05, 3.63) is 54.0 Å². The summed E-state index contributed by atoms with van der Waals surface area (Å²) >= 11 is 4.99. The van der Waals surface area contributed by atoms with Gasteiger partial charge in [-0.15, -0.1) is 0 Å². The van der Waals surface area contributed by atoms with Gasteiger partial charge >= 0.3 is 0 Å². The van der Waals surface area contributed by atoms with Crippen LogP contribution >= 0.6 is 12.2 Å². The van der Waals surface area contributed by atoms with Crippen LogP contribution in [-0.2, 0) is 0 Å². The van der Waals surface area contributed by atoms with Crippen LogP contribution in [0.4, 0.5) is 0 Å². The maximum absolute atomic E-state index is 4.99. The maximum Gasteiger partial charge on any atom is 0.0881 e. The number of benzene rings is 1. The van der Waals surface area contributed by atoms with E-state index in [1.54, 1.807) is 17.9 Å². The summed E-state index contributed by atoms with van der Waals surface area (Å²) in [5, 5.41) is 3.20. The van der Waals surface area contributed by atoms with Gasteiger partial charge in [-0.3, -0.25) is 4.99 Å². The van der Waals surface area contributed by atoms with Gasteiger partial charge in [0.2, 0.25) is 0 Å². The Morgan fingerprint density at radius 1 is 1.35 bits per heavy atom. The zero-order valence-electron chi connectivity index (χ0n) is 9.50. The number of nitrogens with zero attached hydrogens (tertiary/aromatic N) is 2. The van der Waals surface area contributed by atoms with Gasteiger partial charge in [-0.1, -0.05) is 42.5 Å². The zero-order valence-corrected chi connectivity index (χ0v) is 10.3. The number of hydrogen-bond donors (Lipinski definition) is 1. The Hall–Kier alpha value is -1.94. The third-order valence-electron chi connectivity index (χ3n) is 2.47. The predicted octanol–water partition coefficient (Wildman–Crippen LogP) is 2.39. The molecule has 0 saturated heterocycles. The molecule has 0 amide bonds. The van der Waals surface area contributed by atoms with Crippen LogP contribution in [0.15, 0.2) is 53.4 Å². The Kier molecular flexibility index (Phi) is 3.67. The normalized spacial score (nSPS) is 16.9. The monoisotopic (exact) mass is 243 g/mol. The largest absolute Gasteiger partial charge is 0.386 e. The Morgan fingerprint density at radius 3 is 2.76 bits per heavy atom. The van der Waals surface area contributed by atoms with Crippen LogP contribution in [0.25, 0.3) is 5.70 Å². The summed E-state index contributed by atoms with van der Waals surface area (Å²) < 4.78 is 0. The van der Waals surface area contributed by atoms with E-state index in [2.05, 4.69) is 10.3 Å². The molecule has 17 heavy (non-hydrogen) atoms. The van der Waals surface area contributed by atoms with E-state index >= 15 is 0 Å². The lowest BCUT2D eigenvalue weighted by atomic mass is 10.1. The topological polar surface area (TPSA) is 27.6 Å². The van der Waals surface area contributed by atoms with Gasteiger partial charge in [-0.05, 0) is 5.56 Å². The highest BCUT2D eigenvalue weighted by Crippen LogP contribution is 2.18. The van der Waals surface area contributed by atoms with E-state index < -0.39 is 0 Å². The molecule has 0 aliphatic carbocycles. The van der Waals surface area contributed by atoms with Gasteiger partial charge in [-0.2, -0.15) is 0 Å². The molecule has 1 N–H and O–H groups in total. The first-order valence-electron chi connectivity index (χ1n) is 5.27. The van der Waals surface area contributed by atoms with Crippen molar-refractivity contribution < 1.29 is 0 Å². The molecule has 1 aliphatic heterocycles. The standard InChI is InChI=1S/C13H13N3S/c1-14-13(11-5-3-2-4-6-11)12-9-15-7-8-16(12)10-17/h2-10,14H,1H3/b13-12-. The Labute approximate surface area is 106 Å². The van der Waals surface area contributed by atoms with Gasteiger partial charge in [0.25, 0.3) is 0 Å². The van der Waals surface area contributed by atoms with E-state index in [0.717, 1.165) is 17.0 Å². The fourth-order valence-corrected chi connectivity index (χ4v) is 1.87. The molecule has 0 spiro atoms. The number of allylic oxidation sites excluding steroid dienone is 1. The number of nitrogens with one attached hydrogen (secondary N) is 1. The van der Waals surface area contributed by atoms with Crippen LogP contribution in [-0.4, -0.2) is 23.7 Å². The van der Waals surface area contributed by atoms with Crippen LogP contribution in [0, 0.1) is 0 Å². The second-order valence-electron chi connectivity index (χ2n) is 3.47. The summed E-state index contributed by atoms with van der Waals surface area (Å²) in [5.41, 5.74) is 4.64. The second-order valence-corrected chi connectivity index (χ2v) is 3.68. The molecule has 0 radical (unpaired) electrons. The lowest BCUT2D eigenvalue weighted by Crippen LogP contribution is -2.22. The first-order chi connectivity index (χ1) is 8.36. The first-order valence-corrected chi connectivity index (χ1v) is 5.75. The van der Waals surface area contributed by atoms with Gasteiger partial charge in [0.15, 0.2) is 0 Å². The number of hydrogen-bond acceptors (Lipinski definition) is 3. The molecular formula is C13H13N3S. The van der Waals surface area contributed by atoms with E-state index in [1.165, 1.54) is 0 Å². The lowest BCUT2D eigenvalue weighted by molar-refractivity contribution is 0.750. The highest BCUT2D eigenvalue weighted by molar-refractivity contribution is 7.78. The second kappa shape index (κ2) is 5.41. The van der Waals surface area contributed by atoms with E-state index in [4.69, 9.17) is 12.2 Å². The average Bonchev–Trinajstić information content (AvgIpc) is 2.41. The van der Waals surface area contributed by atoms with E-state index in [9.17, 15) is 0 Å². The lowest BCUT2D eigenvalue weighted by Gasteiger charge is -2.21. The minimum Gasteiger partial charge on any atom is -0.386 e. The van der Waals surface area contributed by atoms with Crippen molar-refractivity contribution in [3.8, 4) is 0 Å². The van der Waals surface area contributed by atoms with Crippen LogP contribution < -0.4 is 5.32 Å². The minimum atomic E-state index is 0.941. The molecule has 1 aliphatic rings. The SMILES string of the molecule is CN/C(=C1/C=NC=CN1C=S)c1ccccc1. The number of thiocarbonyl (C=S) groups is 1. The van der Waals surface area contributed by atoms with Crippen molar-refractivity contribution in [2.75, 3.05) is 7.05 Å². The summed E-state index contributed by atoms with van der Waals surface area (Å²) in [4.78, 5) is 6.00. The fraction of sp³-hybridized carbons (Fsp3) is 0.0769. The summed E-state index contributed by atoms with van der Waals surface area (Å²) in [7, 11) is 1.89. The zero-order chi connectivity index (χ0) is 12.1. The third kappa shape index (κ3) is 2.42. The van der Waals surface area contributed by atoms with Crippen molar-refractivity contribution in [2.45, 2.75) is 0 Å². The molecule has 86 valence electrons. The predicted molar refractivity (Wildman–Crippen MR) is 75.5 cm³/mol. The molecule has 0 fully saturated rings. The molecule has 0 atom stereocenters. The van der Waals surface area contributed by atoms with Crippen molar-refractivity contribution in [1.82, 2.24) is 10.2 Å². The summed E-state index contributed by atoms with van der Waals surface area (Å²) in [6, 6.07) is 10.1. The van der Waals surface area contributed by atoms with Crippen molar-refractivity contribution in [1.29, 1.82) is 0 Å². The van der Waals surface area contributed by atoms with E-state index in [0.29, 0.717) is 0 Å². The Balaban J connectivity index is 2.50. The van der Waals surface area contributed by atoms with Crippen LogP contribution in [0.2, 0.25) is 0 Å². The molecule has 0 saturated carbocycles. The molecule has 1 aromatic carbocycles. The van der Waals surface area contributed by atoms with Gasteiger partial charge in [0.1, 0.15) is 0 Å². The number of rotatable bonds is 3. The average molecular weight is 243 g/mol. The molecular weight excluding hydrogens is 230 g/mol. The molecule has 0 bridgehead atoms.